The number of fused-ring (bicyclic) bond motifs is 1. The second-order valence-electron chi connectivity index (χ2n) is 14.8. The van der Waals surface area contributed by atoms with E-state index in [2.05, 4.69) is 42.6 Å². The Morgan fingerprint density at radius 2 is 1.67 bits per heavy atom. The molecule has 14 heteroatoms. The summed E-state index contributed by atoms with van der Waals surface area (Å²) < 4.78 is 2.13. The third-order valence-electron chi connectivity index (χ3n) is 10.5. The minimum Gasteiger partial charge on any atom is -0.367 e. The van der Waals surface area contributed by atoms with Gasteiger partial charge < -0.3 is 37.2 Å². The van der Waals surface area contributed by atoms with E-state index in [1.807, 2.05) is 41.3 Å². The molecular formula is C40H58ClN11O2. The van der Waals surface area contributed by atoms with E-state index in [-0.39, 0.29) is 24.3 Å². The molecule has 2 amide bonds. The van der Waals surface area contributed by atoms with Gasteiger partial charge in [-0.25, -0.2) is 4.98 Å². The molecule has 2 fully saturated rings. The van der Waals surface area contributed by atoms with Crippen molar-refractivity contribution in [1.82, 2.24) is 40.6 Å². The van der Waals surface area contributed by atoms with Crippen LogP contribution in [-0.2, 0) is 29.2 Å². The molecule has 4 aromatic rings. The zero-order chi connectivity index (χ0) is 37.5. The average Bonchev–Trinajstić information content (AvgIpc) is 3.18. The quantitative estimate of drug-likeness (QED) is 0.0603. The molecule has 1 aliphatic carbocycles. The number of carbonyl (C=O) groups is 2. The first kappa shape index (κ1) is 39.5. The van der Waals surface area contributed by atoms with Gasteiger partial charge in [-0.2, -0.15) is 4.98 Å². The van der Waals surface area contributed by atoms with Crippen molar-refractivity contribution in [1.29, 1.82) is 0 Å². The van der Waals surface area contributed by atoms with Gasteiger partial charge in [0.25, 0.3) is 0 Å². The van der Waals surface area contributed by atoms with E-state index in [9.17, 15) is 9.59 Å². The number of aromatic amines is 1. The summed E-state index contributed by atoms with van der Waals surface area (Å²) >= 11 is 5.93. The Morgan fingerprint density at radius 1 is 0.907 bits per heavy atom. The lowest BCUT2D eigenvalue weighted by Gasteiger charge is -2.33. The van der Waals surface area contributed by atoms with Crippen molar-refractivity contribution >= 4 is 46.1 Å². The Labute approximate surface area is 323 Å². The fourth-order valence-electron chi connectivity index (χ4n) is 7.30. The highest BCUT2D eigenvalue weighted by atomic mass is 35.5. The number of hydrogen-bond acceptors (Lipinski definition) is 9. The first-order chi connectivity index (χ1) is 26.4. The summed E-state index contributed by atoms with van der Waals surface area (Å²) in [5, 5.41) is 22.2. The number of para-hydroxylation sites is 1. The van der Waals surface area contributed by atoms with E-state index in [0.29, 0.717) is 43.6 Å². The Kier molecular flexibility index (Phi) is 15.0. The van der Waals surface area contributed by atoms with Crippen LogP contribution in [-0.4, -0.2) is 87.3 Å². The van der Waals surface area contributed by atoms with Crippen LogP contribution in [0, 0.1) is 0 Å². The number of amides is 2. The average molecular weight is 760 g/mol. The Balaban J connectivity index is 0.877. The Hall–Kier alpha value is -4.17. The number of H-pyrrole nitrogens is 1. The van der Waals surface area contributed by atoms with Gasteiger partial charge in [-0.05, 0) is 94.4 Å². The van der Waals surface area contributed by atoms with E-state index >= 15 is 0 Å². The van der Waals surface area contributed by atoms with Crippen molar-refractivity contribution in [3.05, 3.63) is 71.0 Å². The molecule has 1 atom stereocenters. The van der Waals surface area contributed by atoms with Crippen molar-refractivity contribution in [3.8, 4) is 0 Å². The van der Waals surface area contributed by atoms with Crippen LogP contribution in [0.5, 0.6) is 0 Å². The number of likely N-dealkylation sites (tertiary alicyclic amines) is 1. The lowest BCUT2D eigenvalue weighted by Crippen LogP contribution is -2.44. The molecule has 6 rings (SSSR count). The largest absolute Gasteiger partial charge is 0.367 e. The van der Waals surface area contributed by atoms with E-state index in [0.717, 1.165) is 79.5 Å². The first-order valence-corrected chi connectivity index (χ1v) is 20.3. The lowest BCUT2D eigenvalue weighted by molar-refractivity contribution is -0.132. The number of rotatable bonds is 20. The standard InChI is InChI=1S/C40H58ClN11O2/c41-30-14-12-29(13-15-30)26-45-39(54)35(42)16-17-37(53)51-24-18-32(19-25-51)47-38-34-10-4-5-11-36(34)48-40(49-38)46-27-33-28-52(50-33)23-7-21-43-20-6-22-44-31-8-2-1-3-9-31/h4-5,10-15,28,31-32,35,43-44,50H,1-3,6-9,16-27,42H2,(H,45,54)(H2,46,47,48,49)/t35-/m0/s1. The molecule has 54 heavy (non-hydrogen) atoms. The van der Waals surface area contributed by atoms with Gasteiger partial charge in [-0.3, -0.25) is 19.4 Å². The van der Waals surface area contributed by atoms with Gasteiger partial charge in [-0.1, -0.05) is 55.1 Å². The highest BCUT2D eigenvalue weighted by molar-refractivity contribution is 6.30. The number of aryl methyl sites for hydroxylation is 1. The van der Waals surface area contributed by atoms with Gasteiger partial charge in [0.15, 0.2) is 0 Å². The molecule has 0 spiro atoms. The van der Waals surface area contributed by atoms with Crippen molar-refractivity contribution in [3.63, 3.8) is 0 Å². The number of hydrogen-bond donors (Lipinski definition) is 7. The number of aromatic nitrogens is 4. The predicted molar refractivity (Wildman–Crippen MR) is 216 cm³/mol. The summed E-state index contributed by atoms with van der Waals surface area (Å²) in [6.07, 6.45) is 13.4. The molecule has 0 bridgehead atoms. The molecule has 3 heterocycles. The van der Waals surface area contributed by atoms with Crippen LogP contribution in [0.4, 0.5) is 11.8 Å². The van der Waals surface area contributed by atoms with Crippen LogP contribution in [0.3, 0.4) is 0 Å². The van der Waals surface area contributed by atoms with E-state index < -0.39 is 6.04 Å². The summed E-state index contributed by atoms with van der Waals surface area (Å²) in [4.78, 5) is 37.0. The number of nitrogens with zero attached hydrogens (tertiary/aromatic N) is 4. The fourth-order valence-corrected chi connectivity index (χ4v) is 7.42. The lowest BCUT2D eigenvalue weighted by atomic mass is 9.95. The van der Waals surface area contributed by atoms with Crippen molar-refractivity contribution in [2.45, 2.75) is 108 Å². The van der Waals surface area contributed by atoms with Gasteiger partial charge in [0, 0.05) is 61.3 Å². The maximum absolute atomic E-state index is 13.0. The minimum absolute atomic E-state index is 0.0236. The Bertz CT molecular complexity index is 1730. The maximum Gasteiger partial charge on any atom is 0.237 e. The minimum atomic E-state index is -0.745. The topological polar surface area (TPSA) is 170 Å². The smallest absolute Gasteiger partial charge is 0.237 e. The molecule has 0 unspecified atom stereocenters. The van der Waals surface area contributed by atoms with Gasteiger partial charge in [-0.15, -0.1) is 0 Å². The zero-order valence-corrected chi connectivity index (χ0v) is 32.2. The maximum atomic E-state index is 13.0. The molecule has 2 aliphatic rings. The highest BCUT2D eigenvalue weighted by Crippen LogP contribution is 2.25. The molecule has 292 valence electrons. The molecule has 2 aromatic heterocycles. The van der Waals surface area contributed by atoms with Gasteiger partial charge in [0.05, 0.1) is 23.8 Å². The van der Waals surface area contributed by atoms with Crippen LogP contribution in [0.15, 0.2) is 54.7 Å². The molecule has 1 saturated heterocycles. The van der Waals surface area contributed by atoms with Gasteiger partial charge >= 0.3 is 0 Å². The SMILES string of the molecule is N[C@@H](CCC(=O)N1CCC(Nc2nc(NCc3cn(CCCNCCCNC4CCCCC4)[nH]3)nc3ccccc23)CC1)C(=O)NCc1ccc(Cl)cc1. The van der Waals surface area contributed by atoms with E-state index in [1.54, 1.807) is 12.1 Å². The normalized spacial score (nSPS) is 16.1. The molecule has 1 saturated carbocycles. The molecular weight excluding hydrogens is 702 g/mol. The Morgan fingerprint density at radius 3 is 2.46 bits per heavy atom. The summed E-state index contributed by atoms with van der Waals surface area (Å²) in [5.74, 6) is 1.12. The summed E-state index contributed by atoms with van der Waals surface area (Å²) in [6, 6.07) is 15.5. The zero-order valence-electron chi connectivity index (χ0n) is 31.4. The van der Waals surface area contributed by atoms with Crippen LogP contribution < -0.4 is 32.3 Å². The van der Waals surface area contributed by atoms with E-state index in [4.69, 9.17) is 27.3 Å². The van der Waals surface area contributed by atoms with Gasteiger partial charge in [0.1, 0.15) is 5.82 Å². The number of anilines is 2. The fraction of sp³-hybridized carbons (Fsp3) is 0.550. The van der Waals surface area contributed by atoms with Crippen LogP contribution in [0.2, 0.25) is 5.02 Å². The van der Waals surface area contributed by atoms with Crippen LogP contribution in [0.25, 0.3) is 10.9 Å². The second-order valence-corrected chi connectivity index (χ2v) is 15.2. The molecule has 8 N–H and O–H groups in total. The third-order valence-corrected chi connectivity index (χ3v) is 10.8. The number of halogens is 1. The van der Waals surface area contributed by atoms with Crippen LogP contribution >= 0.6 is 11.6 Å². The van der Waals surface area contributed by atoms with Crippen molar-refractivity contribution in [2.75, 3.05) is 43.4 Å². The number of carbonyl (C=O) groups excluding carboxylic acids is 2. The van der Waals surface area contributed by atoms with Crippen molar-refractivity contribution < 1.29 is 9.59 Å². The number of nitrogens with two attached hydrogens (primary N) is 1. The summed E-state index contributed by atoms with van der Waals surface area (Å²) in [7, 11) is 0. The first-order valence-electron chi connectivity index (χ1n) is 19.9. The van der Waals surface area contributed by atoms with Crippen LogP contribution in [0.1, 0.15) is 81.9 Å². The van der Waals surface area contributed by atoms with Gasteiger partial charge in [0.2, 0.25) is 17.8 Å². The monoisotopic (exact) mass is 759 g/mol. The molecule has 0 radical (unpaired) electrons. The number of benzene rings is 2. The number of piperidine rings is 1. The van der Waals surface area contributed by atoms with E-state index in [1.165, 1.54) is 38.5 Å². The number of nitrogens with one attached hydrogen (secondary N) is 6. The highest BCUT2D eigenvalue weighted by Gasteiger charge is 2.25. The van der Waals surface area contributed by atoms with Crippen molar-refractivity contribution in [2.24, 2.45) is 5.73 Å². The molecule has 2 aromatic carbocycles. The summed E-state index contributed by atoms with van der Waals surface area (Å²) in [6.45, 7) is 6.38. The summed E-state index contributed by atoms with van der Waals surface area (Å²) in [5.41, 5.74) is 9.01. The second kappa shape index (κ2) is 20.5. The third kappa shape index (κ3) is 12.2. The molecule has 1 aliphatic heterocycles. The predicted octanol–water partition coefficient (Wildman–Crippen LogP) is 5.14. The molecule has 13 nitrogen and oxygen atoms in total.